The minimum absolute atomic E-state index is 0. The van der Waals surface area contributed by atoms with E-state index in [-0.39, 0.29) is 23.7 Å². The zero-order valence-electron chi connectivity index (χ0n) is 12.3. The van der Waals surface area contributed by atoms with Crippen molar-refractivity contribution in [2.24, 2.45) is 0 Å². The van der Waals surface area contributed by atoms with Crippen LogP contribution in [0.25, 0.3) is 0 Å². The number of carbonyl (C=O) groups excluding carboxylic acids is 2. The smallest absolute Gasteiger partial charge is 0 e. The summed E-state index contributed by atoms with van der Waals surface area (Å²) >= 11 is 0. The minimum atomic E-state index is -0.868. The van der Waals surface area contributed by atoms with Crippen LogP contribution in [0, 0.1) is 20.0 Å². The molecule has 0 saturated heterocycles. The molecule has 22 heavy (non-hydrogen) atoms. The van der Waals surface area contributed by atoms with Crippen molar-refractivity contribution in [2.45, 2.75) is 26.9 Å². The quantitative estimate of drug-likeness (QED) is 0.186. The standard InChI is InChI=1S/C11H16O4.3CO.Fe/c1-4-6-7-8-10(12)15-9(3)11(13)14-5-2;3*1-2;/h4,6-9H,5H2,1-3H3;;;;/b6-4+,8-7+;;;;/t9-;;;;/m0..../s1. The van der Waals surface area contributed by atoms with Gasteiger partial charge in [0.15, 0.2) is 6.10 Å². The van der Waals surface area contributed by atoms with Gasteiger partial charge in [-0.15, -0.1) is 0 Å². The summed E-state index contributed by atoms with van der Waals surface area (Å²) in [6, 6.07) is 0. The molecule has 122 valence electrons. The van der Waals surface area contributed by atoms with Gasteiger partial charge in [0.05, 0.1) is 6.61 Å². The van der Waals surface area contributed by atoms with E-state index in [0.717, 1.165) is 0 Å². The molecule has 0 aromatic heterocycles. The maximum Gasteiger partial charge on any atom is 0 e. The predicted molar refractivity (Wildman–Crippen MR) is 67.9 cm³/mol. The molecule has 8 heteroatoms. The van der Waals surface area contributed by atoms with Gasteiger partial charge in [-0.25, -0.2) is 9.59 Å². The summed E-state index contributed by atoms with van der Waals surface area (Å²) in [5.74, 6) is -1.10. The summed E-state index contributed by atoms with van der Waals surface area (Å²) in [4.78, 5) is 22.2. The summed E-state index contributed by atoms with van der Waals surface area (Å²) in [6.45, 7) is 18.8. The third kappa shape index (κ3) is 26.7. The third-order valence-corrected chi connectivity index (χ3v) is 1.45. The molecule has 1 atom stereocenters. The van der Waals surface area contributed by atoms with E-state index in [1.807, 2.05) is 6.92 Å². The van der Waals surface area contributed by atoms with E-state index in [9.17, 15) is 9.59 Å². The molecule has 0 aliphatic carbocycles. The Labute approximate surface area is 140 Å². The Morgan fingerprint density at radius 1 is 1.09 bits per heavy atom. The van der Waals surface area contributed by atoms with Crippen LogP contribution in [0.1, 0.15) is 20.8 Å². The first-order chi connectivity index (χ1) is 10.1. The van der Waals surface area contributed by atoms with Gasteiger partial charge < -0.3 is 9.47 Å². The van der Waals surface area contributed by atoms with Gasteiger partial charge in [-0.2, -0.15) is 0 Å². The largest absolute Gasteiger partial charge is 0 e. The summed E-state index contributed by atoms with van der Waals surface area (Å²) in [5, 5.41) is 0. The number of hydrogen-bond donors (Lipinski definition) is 0. The fourth-order valence-electron chi connectivity index (χ4n) is 0.766. The van der Waals surface area contributed by atoms with E-state index in [1.165, 1.54) is 13.0 Å². The van der Waals surface area contributed by atoms with Crippen molar-refractivity contribution < 1.29 is 50.1 Å². The molecule has 0 fully saturated rings. The molecule has 0 radical (unpaired) electrons. The Bertz CT molecular complexity index is 366. The molecular formula is C14H16FeO7. The number of hydrogen-bond acceptors (Lipinski definition) is 4. The molecule has 0 aliphatic heterocycles. The van der Waals surface area contributed by atoms with Crippen molar-refractivity contribution >= 4 is 11.9 Å². The van der Waals surface area contributed by atoms with Gasteiger partial charge in [-0.05, 0) is 20.8 Å². The molecule has 0 saturated carbocycles. The van der Waals surface area contributed by atoms with Crippen molar-refractivity contribution in [3.05, 3.63) is 44.3 Å². The Morgan fingerprint density at radius 3 is 1.91 bits per heavy atom. The summed E-state index contributed by atoms with van der Waals surface area (Å²) < 4.78 is 32.0. The Balaban J connectivity index is -0.000000122. The zero-order valence-corrected chi connectivity index (χ0v) is 13.4. The number of ether oxygens (including phenoxy) is 2. The molecule has 0 spiro atoms. The van der Waals surface area contributed by atoms with Gasteiger partial charge in [-0.3, -0.25) is 0 Å². The fraction of sp³-hybridized carbons (Fsp3) is 0.357. The monoisotopic (exact) mass is 352 g/mol. The molecule has 0 amide bonds. The molecular weight excluding hydrogens is 336 g/mol. The number of allylic oxidation sites excluding steroid dienone is 3. The van der Waals surface area contributed by atoms with Crippen molar-refractivity contribution in [2.75, 3.05) is 6.61 Å². The molecule has 0 aromatic rings. The van der Waals surface area contributed by atoms with Gasteiger partial charge >= 0.3 is 45.8 Å². The van der Waals surface area contributed by atoms with E-state index in [0.29, 0.717) is 0 Å². The first kappa shape index (κ1) is 32.2. The first-order valence-electron chi connectivity index (χ1n) is 5.39. The van der Waals surface area contributed by atoms with Gasteiger partial charge in [-0.1, -0.05) is 18.2 Å². The Kier molecular flexibility index (Phi) is 46.1. The summed E-state index contributed by atoms with van der Waals surface area (Å²) in [7, 11) is 0. The number of rotatable bonds is 5. The van der Waals surface area contributed by atoms with Crippen molar-refractivity contribution in [1.29, 1.82) is 0 Å². The molecule has 0 aliphatic rings. The van der Waals surface area contributed by atoms with E-state index in [4.69, 9.17) is 18.7 Å². The molecule has 0 rings (SSSR count). The van der Waals surface area contributed by atoms with Crippen molar-refractivity contribution in [3.63, 3.8) is 0 Å². The summed E-state index contributed by atoms with van der Waals surface area (Å²) in [6.07, 6.45) is 5.39. The second-order valence-corrected chi connectivity index (χ2v) is 2.72. The topological polar surface area (TPSA) is 112 Å². The molecule has 0 unspecified atom stereocenters. The molecule has 0 heterocycles. The Morgan fingerprint density at radius 2 is 1.55 bits per heavy atom. The third-order valence-electron chi connectivity index (χ3n) is 1.45. The van der Waals surface area contributed by atoms with E-state index < -0.39 is 18.0 Å². The maximum absolute atomic E-state index is 11.1. The van der Waals surface area contributed by atoms with E-state index in [1.54, 1.807) is 25.2 Å². The van der Waals surface area contributed by atoms with Crippen LogP contribution in [0.15, 0.2) is 24.3 Å². The zero-order chi connectivity index (χ0) is 17.7. The van der Waals surface area contributed by atoms with Crippen LogP contribution in [0.4, 0.5) is 0 Å². The second-order valence-electron chi connectivity index (χ2n) is 2.72. The second kappa shape index (κ2) is 31.5. The number of esters is 2. The molecule has 0 bridgehead atoms. The summed E-state index contributed by atoms with van der Waals surface area (Å²) in [5.41, 5.74) is 0. The average Bonchev–Trinajstić information content (AvgIpc) is 2.53. The van der Waals surface area contributed by atoms with Crippen molar-refractivity contribution in [1.82, 2.24) is 0 Å². The maximum atomic E-state index is 11.1. The van der Waals surface area contributed by atoms with Crippen LogP contribution in [0.2, 0.25) is 0 Å². The van der Waals surface area contributed by atoms with Gasteiger partial charge in [0, 0.05) is 23.1 Å². The van der Waals surface area contributed by atoms with Crippen LogP contribution in [-0.2, 0) is 50.1 Å². The number of carbonyl (C=O) groups is 2. The van der Waals surface area contributed by atoms with E-state index >= 15 is 0 Å². The van der Waals surface area contributed by atoms with E-state index in [2.05, 4.69) is 24.7 Å². The molecule has 0 aromatic carbocycles. The first-order valence-corrected chi connectivity index (χ1v) is 5.39. The van der Waals surface area contributed by atoms with Crippen LogP contribution >= 0.6 is 0 Å². The molecule has 7 nitrogen and oxygen atoms in total. The SMILES string of the molecule is C/C=C/C=C/C(=O)O[C@@H](C)C(=O)OCC.[C-]#[O+].[C-]#[O+].[C-]#[O+].[Fe]. The van der Waals surface area contributed by atoms with Gasteiger partial charge in [0.1, 0.15) is 0 Å². The average molecular weight is 352 g/mol. The minimum Gasteiger partial charge on any atom is 0 e. The predicted octanol–water partition coefficient (Wildman–Crippen LogP) is 1.50. The Hall–Kier alpha value is -1.84. The van der Waals surface area contributed by atoms with Crippen LogP contribution < -0.4 is 0 Å². The van der Waals surface area contributed by atoms with Crippen LogP contribution in [-0.4, -0.2) is 24.6 Å². The van der Waals surface area contributed by atoms with Crippen LogP contribution in [0.3, 0.4) is 0 Å². The normalized spacial score (nSPS) is 9.14. The fourth-order valence-corrected chi connectivity index (χ4v) is 0.766. The van der Waals surface area contributed by atoms with Crippen LogP contribution in [0.5, 0.6) is 0 Å². The van der Waals surface area contributed by atoms with Crippen molar-refractivity contribution in [3.8, 4) is 0 Å². The van der Waals surface area contributed by atoms with Gasteiger partial charge in [0.25, 0.3) is 0 Å². The van der Waals surface area contributed by atoms with Gasteiger partial charge in [0.2, 0.25) is 0 Å². The molecule has 0 N–H and O–H groups in total.